The van der Waals surface area contributed by atoms with Gasteiger partial charge in [-0.1, -0.05) is 66.2 Å². The first-order valence-electron chi connectivity index (χ1n) is 10.7. The van der Waals surface area contributed by atoms with Crippen LogP contribution in [0.3, 0.4) is 0 Å². The molecular weight excluding hydrogens is 442 g/mol. The minimum atomic E-state index is -1.29. The Labute approximate surface area is 196 Å². The number of hydrogen-bond acceptors (Lipinski definition) is 5. The molecule has 1 amide bonds. The maximum Gasteiger partial charge on any atom is 0.407 e. The second kappa shape index (κ2) is 10.2. The van der Waals surface area contributed by atoms with E-state index in [4.69, 9.17) is 16.3 Å². The molecule has 3 N–H and O–H groups in total. The number of carbonyl (C=O) groups is 2. The highest BCUT2D eigenvalue weighted by Gasteiger charge is 2.29. The van der Waals surface area contributed by atoms with E-state index in [-0.39, 0.29) is 36.6 Å². The Kier molecular flexibility index (Phi) is 7.08. The number of aliphatic hydroxyl groups is 2. The molecule has 0 radical (unpaired) electrons. The number of alkyl carbamates (subject to hydrolysis) is 1. The van der Waals surface area contributed by atoms with Crippen molar-refractivity contribution in [2.45, 2.75) is 24.5 Å². The van der Waals surface area contributed by atoms with Crippen LogP contribution in [-0.4, -0.2) is 41.8 Å². The molecule has 0 saturated heterocycles. The highest BCUT2D eigenvalue weighted by molar-refractivity contribution is 6.30. The van der Waals surface area contributed by atoms with Crippen molar-refractivity contribution < 1.29 is 24.5 Å². The Balaban J connectivity index is 1.30. The molecule has 0 aromatic heterocycles. The fourth-order valence-corrected chi connectivity index (χ4v) is 4.43. The topological polar surface area (TPSA) is 95.9 Å². The molecule has 0 heterocycles. The highest BCUT2D eigenvalue weighted by atomic mass is 35.5. The lowest BCUT2D eigenvalue weighted by Gasteiger charge is -2.20. The molecule has 2 atom stereocenters. The normalized spacial score (nSPS) is 14.2. The van der Waals surface area contributed by atoms with E-state index in [2.05, 4.69) is 17.4 Å². The first kappa shape index (κ1) is 23.0. The first-order valence-corrected chi connectivity index (χ1v) is 11.1. The third kappa shape index (κ3) is 4.93. The molecule has 1 aliphatic carbocycles. The van der Waals surface area contributed by atoms with Crippen molar-refractivity contribution in [2.24, 2.45) is 0 Å². The molecule has 1 aliphatic rings. The standard InChI is InChI=1S/C26H24ClNO5/c27-17-9-10-18(16(13-17)14-29)25(31)24(30)11-12-28-26(32)33-15-23-21-7-3-1-5-19(21)20-6-2-4-8-22(20)23/h1-10,13-14,23-25,30-31H,11-12,15H2,(H,28,32). The first-order chi connectivity index (χ1) is 16.0. The maximum absolute atomic E-state index is 12.2. The largest absolute Gasteiger partial charge is 0.449 e. The monoisotopic (exact) mass is 465 g/mol. The summed E-state index contributed by atoms with van der Waals surface area (Å²) >= 11 is 5.87. The molecule has 0 spiro atoms. The molecule has 0 saturated carbocycles. The van der Waals surface area contributed by atoms with Crippen molar-refractivity contribution in [3.05, 3.63) is 94.0 Å². The summed E-state index contributed by atoms with van der Waals surface area (Å²) in [6, 6.07) is 20.6. The van der Waals surface area contributed by atoms with Crippen LogP contribution >= 0.6 is 11.6 Å². The van der Waals surface area contributed by atoms with E-state index < -0.39 is 18.3 Å². The van der Waals surface area contributed by atoms with Crippen LogP contribution in [0.2, 0.25) is 5.02 Å². The number of fused-ring (bicyclic) bond motifs is 3. The maximum atomic E-state index is 12.2. The summed E-state index contributed by atoms with van der Waals surface area (Å²) in [5.74, 6) is -0.0396. The number of aldehydes is 1. The van der Waals surface area contributed by atoms with Crippen molar-refractivity contribution in [3.8, 4) is 11.1 Å². The van der Waals surface area contributed by atoms with Crippen molar-refractivity contribution in [1.29, 1.82) is 0 Å². The van der Waals surface area contributed by atoms with Crippen molar-refractivity contribution >= 4 is 24.0 Å². The Morgan fingerprint density at radius 2 is 1.67 bits per heavy atom. The van der Waals surface area contributed by atoms with Gasteiger partial charge in [0.15, 0.2) is 0 Å². The van der Waals surface area contributed by atoms with Gasteiger partial charge < -0.3 is 20.3 Å². The second-order valence-electron chi connectivity index (χ2n) is 7.94. The van der Waals surface area contributed by atoms with E-state index in [0.29, 0.717) is 11.3 Å². The Bertz CT molecular complexity index is 1120. The van der Waals surface area contributed by atoms with Gasteiger partial charge in [-0.2, -0.15) is 0 Å². The van der Waals surface area contributed by atoms with Crippen molar-refractivity contribution in [1.82, 2.24) is 5.32 Å². The van der Waals surface area contributed by atoms with Gasteiger partial charge in [0.1, 0.15) is 19.0 Å². The molecule has 6 nitrogen and oxygen atoms in total. The third-order valence-electron chi connectivity index (χ3n) is 5.91. The van der Waals surface area contributed by atoms with Crippen LogP contribution in [0.4, 0.5) is 4.79 Å². The zero-order chi connectivity index (χ0) is 23.4. The van der Waals surface area contributed by atoms with E-state index in [1.807, 2.05) is 36.4 Å². The molecule has 170 valence electrons. The Hall–Kier alpha value is -3.19. The fourth-order valence-electron chi connectivity index (χ4n) is 4.25. The van der Waals surface area contributed by atoms with E-state index in [9.17, 15) is 19.8 Å². The molecule has 2 unspecified atom stereocenters. The van der Waals surface area contributed by atoms with Gasteiger partial charge in [-0.3, -0.25) is 4.79 Å². The number of nitrogens with one attached hydrogen (secondary N) is 1. The number of halogens is 1. The van der Waals surface area contributed by atoms with Crippen LogP contribution in [0.15, 0.2) is 66.7 Å². The van der Waals surface area contributed by atoms with E-state index in [1.165, 1.54) is 18.2 Å². The van der Waals surface area contributed by atoms with Crippen LogP contribution in [0, 0.1) is 0 Å². The molecule has 0 aliphatic heterocycles. The number of carbonyl (C=O) groups excluding carboxylic acids is 2. The molecule has 33 heavy (non-hydrogen) atoms. The van der Waals surface area contributed by atoms with E-state index >= 15 is 0 Å². The van der Waals surface area contributed by atoms with Gasteiger partial charge in [0.25, 0.3) is 0 Å². The Morgan fingerprint density at radius 3 is 2.30 bits per heavy atom. The summed E-state index contributed by atoms with van der Waals surface area (Å²) in [5, 5.41) is 23.7. The van der Waals surface area contributed by atoms with Gasteiger partial charge in [-0.25, -0.2) is 4.79 Å². The Morgan fingerprint density at radius 1 is 1.03 bits per heavy atom. The predicted octanol–water partition coefficient (Wildman–Crippen LogP) is 4.48. The van der Waals surface area contributed by atoms with E-state index in [1.54, 1.807) is 0 Å². The summed E-state index contributed by atoms with van der Waals surface area (Å²) in [5.41, 5.74) is 5.03. The average molecular weight is 466 g/mol. The summed E-state index contributed by atoms with van der Waals surface area (Å²) in [6.45, 7) is 0.289. The molecule has 3 aromatic carbocycles. The van der Waals surface area contributed by atoms with Gasteiger partial charge in [-0.15, -0.1) is 0 Å². The average Bonchev–Trinajstić information content (AvgIpc) is 3.16. The lowest BCUT2D eigenvalue weighted by Crippen LogP contribution is -2.31. The van der Waals surface area contributed by atoms with Crippen LogP contribution in [0.5, 0.6) is 0 Å². The van der Waals surface area contributed by atoms with Crippen LogP contribution in [-0.2, 0) is 4.74 Å². The van der Waals surface area contributed by atoms with Crippen LogP contribution in [0.1, 0.15) is 45.5 Å². The summed E-state index contributed by atoms with van der Waals surface area (Å²) in [4.78, 5) is 23.5. The lowest BCUT2D eigenvalue weighted by molar-refractivity contribution is 0.0133. The predicted molar refractivity (Wildman–Crippen MR) is 125 cm³/mol. The number of rotatable bonds is 8. The minimum Gasteiger partial charge on any atom is -0.449 e. The zero-order valence-electron chi connectivity index (χ0n) is 17.8. The molecular formula is C26H24ClNO5. The molecule has 7 heteroatoms. The lowest BCUT2D eigenvalue weighted by atomic mass is 9.97. The second-order valence-corrected chi connectivity index (χ2v) is 8.38. The van der Waals surface area contributed by atoms with E-state index in [0.717, 1.165) is 22.3 Å². The number of amides is 1. The van der Waals surface area contributed by atoms with Crippen LogP contribution < -0.4 is 5.32 Å². The molecule has 3 aromatic rings. The summed E-state index contributed by atoms with van der Waals surface area (Å²) in [6.07, 6.45) is -2.41. The number of ether oxygens (including phenoxy) is 1. The van der Waals surface area contributed by atoms with Gasteiger partial charge >= 0.3 is 6.09 Å². The van der Waals surface area contributed by atoms with Gasteiger partial charge in [0.05, 0.1) is 6.10 Å². The SMILES string of the molecule is O=Cc1cc(Cl)ccc1C(O)C(O)CCNC(=O)OCC1c2ccccc2-c2ccccc21. The van der Waals surface area contributed by atoms with Crippen molar-refractivity contribution in [3.63, 3.8) is 0 Å². The number of benzene rings is 3. The number of aliphatic hydroxyl groups excluding tert-OH is 2. The summed E-state index contributed by atoms with van der Waals surface area (Å²) in [7, 11) is 0. The molecule has 0 fully saturated rings. The quantitative estimate of drug-likeness (QED) is 0.426. The highest BCUT2D eigenvalue weighted by Crippen LogP contribution is 2.44. The van der Waals surface area contributed by atoms with Crippen molar-refractivity contribution in [2.75, 3.05) is 13.2 Å². The smallest absolute Gasteiger partial charge is 0.407 e. The minimum absolute atomic E-state index is 0.0396. The third-order valence-corrected chi connectivity index (χ3v) is 6.15. The van der Waals surface area contributed by atoms with Crippen LogP contribution in [0.25, 0.3) is 11.1 Å². The zero-order valence-corrected chi connectivity index (χ0v) is 18.5. The number of hydrogen-bond donors (Lipinski definition) is 3. The summed E-state index contributed by atoms with van der Waals surface area (Å²) < 4.78 is 5.46. The fraction of sp³-hybridized carbons (Fsp3) is 0.231. The van der Waals surface area contributed by atoms with Gasteiger partial charge in [0, 0.05) is 23.0 Å². The molecule has 0 bridgehead atoms. The van der Waals surface area contributed by atoms with Gasteiger partial charge in [0.2, 0.25) is 0 Å². The van der Waals surface area contributed by atoms with Gasteiger partial charge in [-0.05, 0) is 46.4 Å². The molecule has 4 rings (SSSR count).